The van der Waals surface area contributed by atoms with Crippen molar-refractivity contribution in [3.63, 3.8) is 0 Å². The van der Waals surface area contributed by atoms with Crippen LogP contribution in [0.4, 0.5) is 34.4 Å². The number of anilines is 6. The Morgan fingerprint density at radius 1 is 0.344 bits per heavy atom. The van der Waals surface area contributed by atoms with E-state index in [0.717, 1.165) is 88.2 Å². The molecule has 9 nitrogen and oxygen atoms in total. The highest BCUT2D eigenvalue weighted by atomic mass is 16.3. The van der Waals surface area contributed by atoms with Crippen LogP contribution < -0.4 is 9.80 Å². The summed E-state index contributed by atoms with van der Waals surface area (Å²) in [6.45, 7) is 0. The second-order valence-electron chi connectivity index (χ2n) is 15.2. The molecule has 0 N–H and O–H groups in total. The van der Waals surface area contributed by atoms with Crippen molar-refractivity contribution in [3.05, 3.63) is 182 Å². The zero-order valence-electron chi connectivity index (χ0n) is 32.2. The third-order valence-electron chi connectivity index (χ3n) is 11.6. The van der Waals surface area contributed by atoms with E-state index in [4.69, 9.17) is 33.4 Å². The van der Waals surface area contributed by atoms with Gasteiger partial charge in [-0.3, -0.25) is 9.80 Å². The molecule has 13 aromatic rings. The lowest BCUT2D eigenvalue weighted by Crippen LogP contribution is -2.12. The maximum atomic E-state index is 6.57. The van der Waals surface area contributed by atoms with E-state index in [1.54, 1.807) is 6.20 Å². The highest BCUT2D eigenvalue weighted by molar-refractivity contribution is 6.08. The quantitative estimate of drug-likeness (QED) is 0.163. The Morgan fingerprint density at radius 2 is 0.836 bits per heavy atom. The van der Waals surface area contributed by atoms with E-state index < -0.39 is 0 Å². The van der Waals surface area contributed by atoms with Gasteiger partial charge in [0, 0.05) is 51.1 Å². The second kappa shape index (κ2) is 13.0. The molecule has 0 radical (unpaired) electrons. The van der Waals surface area contributed by atoms with Crippen LogP contribution in [0.25, 0.3) is 87.8 Å². The third-order valence-corrected chi connectivity index (χ3v) is 11.6. The molecule has 5 heterocycles. The van der Waals surface area contributed by atoms with Crippen LogP contribution in [0.2, 0.25) is 0 Å². The number of para-hydroxylation sites is 2. The Balaban J connectivity index is 0.961. The maximum absolute atomic E-state index is 6.57. The normalized spacial score (nSPS) is 11.9. The number of nitrogens with zero attached hydrogens (tertiary/aromatic N) is 6. The van der Waals surface area contributed by atoms with Crippen molar-refractivity contribution in [2.24, 2.45) is 0 Å². The summed E-state index contributed by atoms with van der Waals surface area (Å²) in [7, 11) is 0. The topological polar surface area (TPSA) is 97.5 Å². The molecule has 0 fully saturated rings. The van der Waals surface area contributed by atoms with Crippen LogP contribution in [0, 0.1) is 0 Å². The van der Waals surface area contributed by atoms with Gasteiger partial charge in [0.25, 0.3) is 0 Å². The standard InChI is InChI=1S/C52H30N6O3/c1-3-11-33-25-35(19-17-31(33)9-1)57(37-21-23-41-39-13-5-7-15-43(39)59-45(41)27-37)48-29-47-50(56-55-48)51-52(61-47)54-49(30-53-51)58(36-20-18-32-10-2-4-12-34(32)26-36)38-22-24-42-40-14-6-8-16-44(40)60-46(42)28-38/h1-30H. The van der Waals surface area contributed by atoms with Gasteiger partial charge in [-0.15, -0.1) is 10.2 Å². The summed E-state index contributed by atoms with van der Waals surface area (Å²) >= 11 is 0. The fraction of sp³-hybridized carbons (Fsp3) is 0. The predicted octanol–water partition coefficient (Wildman–Crippen LogP) is 14.2. The molecule has 0 aliphatic rings. The monoisotopic (exact) mass is 786 g/mol. The maximum Gasteiger partial charge on any atom is 0.250 e. The predicted molar refractivity (Wildman–Crippen MR) is 244 cm³/mol. The molecule has 13 rings (SSSR count). The van der Waals surface area contributed by atoms with Gasteiger partial charge < -0.3 is 13.3 Å². The molecular weight excluding hydrogens is 757 g/mol. The van der Waals surface area contributed by atoms with Gasteiger partial charge in [0.1, 0.15) is 22.3 Å². The molecule has 0 aliphatic heterocycles. The lowest BCUT2D eigenvalue weighted by atomic mass is 10.1. The zero-order chi connectivity index (χ0) is 40.0. The van der Waals surface area contributed by atoms with Crippen LogP contribution >= 0.6 is 0 Å². The van der Waals surface area contributed by atoms with Crippen molar-refractivity contribution in [1.29, 1.82) is 0 Å². The molecule has 0 saturated carbocycles. The van der Waals surface area contributed by atoms with Gasteiger partial charge in [-0.05, 0) is 82.2 Å². The number of benzene rings is 8. The number of fused-ring (bicyclic) bond motifs is 11. The molecule has 0 bridgehead atoms. The molecule has 9 heteroatoms. The molecule has 8 aromatic carbocycles. The van der Waals surface area contributed by atoms with Crippen LogP contribution in [0.1, 0.15) is 0 Å². The number of aromatic nitrogens is 4. The molecule has 0 aliphatic carbocycles. The SMILES string of the molecule is c1ccc2cc(N(c3ccc4c(c3)oc3ccccc34)c3cc4oc5nc(N(c6ccc7ccccc7c6)c6ccc7c(c6)oc6ccccc67)cnc5c4nn3)ccc2c1. The molecular formula is C52H30N6O3. The summed E-state index contributed by atoms with van der Waals surface area (Å²) in [5, 5.41) is 18.3. The Kier molecular flexibility index (Phi) is 7.11. The van der Waals surface area contributed by atoms with Crippen LogP contribution in [0.15, 0.2) is 195 Å². The number of furan rings is 3. The highest BCUT2D eigenvalue weighted by Crippen LogP contribution is 2.42. The first-order valence-electron chi connectivity index (χ1n) is 20.0. The van der Waals surface area contributed by atoms with E-state index >= 15 is 0 Å². The fourth-order valence-electron chi connectivity index (χ4n) is 8.69. The summed E-state index contributed by atoms with van der Waals surface area (Å²) in [6.07, 6.45) is 1.76. The minimum atomic E-state index is 0.343. The Hall–Kier alpha value is -8.56. The molecule has 0 spiro atoms. The van der Waals surface area contributed by atoms with Crippen molar-refractivity contribution < 1.29 is 13.3 Å². The second-order valence-corrected chi connectivity index (χ2v) is 15.2. The molecule has 5 aromatic heterocycles. The average Bonchev–Trinajstić information content (AvgIpc) is 3.99. The van der Waals surface area contributed by atoms with E-state index in [0.29, 0.717) is 34.0 Å². The minimum Gasteiger partial charge on any atom is -0.456 e. The van der Waals surface area contributed by atoms with E-state index in [1.165, 1.54) is 0 Å². The van der Waals surface area contributed by atoms with Crippen LogP contribution in [0.3, 0.4) is 0 Å². The highest BCUT2D eigenvalue weighted by Gasteiger charge is 2.23. The van der Waals surface area contributed by atoms with Crippen molar-refractivity contribution >= 4 is 122 Å². The summed E-state index contributed by atoms with van der Waals surface area (Å²) in [6, 6.07) is 59.9. The molecule has 0 atom stereocenters. The van der Waals surface area contributed by atoms with Gasteiger partial charge >= 0.3 is 0 Å². The lowest BCUT2D eigenvalue weighted by molar-refractivity contribution is 0.651. The van der Waals surface area contributed by atoms with Crippen LogP contribution in [0.5, 0.6) is 0 Å². The average molecular weight is 787 g/mol. The van der Waals surface area contributed by atoms with Crippen molar-refractivity contribution in [2.75, 3.05) is 9.80 Å². The first kappa shape index (κ1) is 33.4. The van der Waals surface area contributed by atoms with Crippen LogP contribution in [-0.2, 0) is 0 Å². The Bertz CT molecular complexity index is 3640. The van der Waals surface area contributed by atoms with Crippen molar-refractivity contribution in [2.45, 2.75) is 0 Å². The molecule has 0 unspecified atom stereocenters. The number of hydrogen-bond donors (Lipinski definition) is 0. The first-order valence-corrected chi connectivity index (χ1v) is 20.0. The summed E-state index contributed by atoms with van der Waals surface area (Å²) in [5.74, 6) is 1.14. The molecule has 61 heavy (non-hydrogen) atoms. The van der Waals surface area contributed by atoms with Gasteiger partial charge in [-0.2, -0.15) is 4.98 Å². The summed E-state index contributed by atoms with van der Waals surface area (Å²) < 4.78 is 19.3. The fourth-order valence-corrected chi connectivity index (χ4v) is 8.69. The number of hydrogen-bond acceptors (Lipinski definition) is 9. The van der Waals surface area contributed by atoms with Crippen molar-refractivity contribution in [3.8, 4) is 0 Å². The molecule has 0 saturated heterocycles. The number of rotatable bonds is 6. The van der Waals surface area contributed by atoms with Gasteiger partial charge in [0.2, 0.25) is 5.71 Å². The summed E-state index contributed by atoms with van der Waals surface area (Å²) in [5.41, 5.74) is 8.66. The third kappa shape index (κ3) is 5.34. The van der Waals surface area contributed by atoms with Gasteiger partial charge in [-0.1, -0.05) is 97.1 Å². The summed E-state index contributed by atoms with van der Waals surface area (Å²) in [4.78, 5) is 14.2. The first-order chi connectivity index (χ1) is 30.2. The molecule has 0 amide bonds. The van der Waals surface area contributed by atoms with E-state index in [9.17, 15) is 0 Å². The minimum absolute atomic E-state index is 0.343. The molecule has 286 valence electrons. The van der Waals surface area contributed by atoms with Crippen LogP contribution in [-0.4, -0.2) is 20.2 Å². The van der Waals surface area contributed by atoms with Gasteiger partial charge in [0.15, 0.2) is 28.3 Å². The zero-order valence-corrected chi connectivity index (χ0v) is 32.2. The van der Waals surface area contributed by atoms with Gasteiger partial charge in [0.05, 0.1) is 17.6 Å². The largest absolute Gasteiger partial charge is 0.456 e. The lowest BCUT2D eigenvalue weighted by Gasteiger charge is -2.24. The van der Waals surface area contributed by atoms with E-state index in [1.807, 2.05) is 66.7 Å². The Morgan fingerprint density at radius 3 is 1.44 bits per heavy atom. The Labute approximate surface area is 346 Å². The van der Waals surface area contributed by atoms with Gasteiger partial charge in [-0.25, -0.2) is 4.98 Å². The smallest absolute Gasteiger partial charge is 0.250 e. The van der Waals surface area contributed by atoms with Crippen molar-refractivity contribution in [1.82, 2.24) is 20.2 Å². The van der Waals surface area contributed by atoms with E-state index in [2.05, 4.69) is 119 Å². The van der Waals surface area contributed by atoms with E-state index in [-0.39, 0.29) is 0 Å².